The van der Waals surface area contributed by atoms with Gasteiger partial charge in [-0.25, -0.2) is 0 Å². The number of halogens is 5. The molecule has 10 rings (SSSR count). The first-order valence-corrected chi connectivity index (χ1v) is 31.8. The normalized spacial score (nSPS) is 9.58. The third-order valence-electron chi connectivity index (χ3n) is 12.4. The maximum atomic E-state index is 5.67. The highest BCUT2D eigenvalue weighted by atomic mass is 32.1. The van der Waals surface area contributed by atoms with Crippen molar-refractivity contribution in [1.29, 1.82) is 0 Å². The van der Waals surface area contributed by atoms with Crippen molar-refractivity contribution in [3.05, 3.63) is 270 Å². The molecule has 0 radical (unpaired) electrons. The van der Waals surface area contributed by atoms with Crippen LogP contribution in [0.15, 0.2) is 267 Å². The largest absolute Gasteiger partial charge is 0.494 e. The second-order valence-corrected chi connectivity index (χ2v) is 21.9. The second kappa shape index (κ2) is 49.2. The van der Waals surface area contributed by atoms with E-state index in [0.29, 0.717) is 66.1 Å². The van der Waals surface area contributed by atoms with Gasteiger partial charge in [-0.05, 0) is 244 Å². The van der Waals surface area contributed by atoms with Gasteiger partial charge in [-0.15, -0.1) is 63.1 Å². The van der Waals surface area contributed by atoms with Crippen LogP contribution in [0.5, 0.6) is 57.5 Å². The van der Waals surface area contributed by atoms with Crippen LogP contribution in [-0.4, -0.2) is 33.0 Å². The van der Waals surface area contributed by atoms with E-state index in [4.69, 9.17) is 47.4 Å². The van der Waals surface area contributed by atoms with Gasteiger partial charge < -0.3 is 47.4 Å². The minimum atomic E-state index is 0. The Morgan fingerprint density at radius 2 is 0.274 bits per heavy atom. The van der Waals surface area contributed by atoms with Gasteiger partial charge in [-0.1, -0.05) is 60.7 Å². The summed E-state index contributed by atoms with van der Waals surface area (Å²) in [6, 6.07) is 78.0. The van der Waals surface area contributed by atoms with Crippen molar-refractivity contribution in [2.45, 2.75) is 92.1 Å². The first-order valence-electron chi connectivity index (χ1n) is 29.6. The van der Waals surface area contributed by atoms with Crippen LogP contribution in [0.4, 0.5) is 23.5 Å². The monoisotopic (exact) mass is 1400 g/mol. The summed E-state index contributed by atoms with van der Waals surface area (Å²) >= 11 is 21.2. The minimum absolute atomic E-state index is 0. The fourth-order valence-electron chi connectivity index (χ4n) is 7.79. The lowest BCUT2D eigenvalue weighted by Gasteiger charge is -2.07. The van der Waals surface area contributed by atoms with Gasteiger partial charge in [0, 0.05) is 24.5 Å². The smallest absolute Gasteiger partial charge is 0.119 e. The van der Waals surface area contributed by atoms with Crippen molar-refractivity contribution in [1.82, 2.24) is 0 Å². The summed E-state index contributed by atoms with van der Waals surface area (Å²) in [5.74, 6) is 8.69. The van der Waals surface area contributed by atoms with E-state index in [2.05, 4.69) is 63.1 Å². The van der Waals surface area contributed by atoms with E-state index in [9.17, 15) is 0 Å². The van der Waals surface area contributed by atoms with Crippen molar-refractivity contribution < 1.29 is 70.9 Å². The predicted octanol–water partition coefficient (Wildman–Crippen LogP) is 20.5. The molecule has 0 unspecified atom stereocenters. The minimum Gasteiger partial charge on any atom is -0.494 e. The molecule has 510 valence electrons. The van der Waals surface area contributed by atoms with E-state index >= 15 is 0 Å². The fraction of sp³-hybridized carbons (Fsp3) is 0.200. The Balaban J connectivity index is 0.000000586. The molecule has 0 atom stereocenters. The molecule has 0 saturated heterocycles. The molecule has 10 nitrogen and oxygen atoms in total. The third-order valence-corrected chi connectivity index (χ3v) is 13.9. The second-order valence-electron chi connectivity index (χ2n) is 19.3. The first-order chi connectivity index (χ1) is 43.9. The average molecular weight is 1400 g/mol. The zero-order chi connectivity index (χ0) is 64.0. The molecule has 0 saturated carbocycles. The maximum absolute atomic E-state index is 5.67. The van der Waals surface area contributed by atoms with E-state index in [1.54, 1.807) is 0 Å². The molecule has 0 N–H and O–H groups in total. The summed E-state index contributed by atoms with van der Waals surface area (Å²) < 4.78 is 55.3. The summed E-state index contributed by atoms with van der Waals surface area (Å²) in [5.41, 5.74) is 5.59. The standard InChI is InChI=1S/5C15H16O2S.5FH/c5*1-2-16-13-5-3-12(4-6-13)11-17-14-7-9-15(18)10-8-14;;;;;/h5*3-10,18H,2,11H2,1H3;5*1H. The summed E-state index contributed by atoms with van der Waals surface area (Å²) in [5, 5.41) is 0. The van der Waals surface area contributed by atoms with Crippen molar-refractivity contribution in [2.75, 3.05) is 33.0 Å². The lowest BCUT2D eigenvalue weighted by atomic mass is 10.2. The molecule has 0 heterocycles. The van der Waals surface area contributed by atoms with E-state index < -0.39 is 0 Å². The quantitative estimate of drug-likeness (QED) is 0.0281. The van der Waals surface area contributed by atoms with Gasteiger partial charge in [0.2, 0.25) is 0 Å². The first kappa shape index (κ1) is 84.6. The maximum Gasteiger partial charge on any atom is 0.119 e. The lowest BCUT2D eigenvalue weighted by Crippen LogP contribution is -1.96. The molecule has 0 aromatic heterocycles. The van der Waals surface area contributed by atoms with Gasteiger partial charge in [0.1, 0.15) is 90.5 Å². The van der Waals surface area contributed by atoms with E-state index in [-0.39, 0.29) is 23.5 Å². The van der Waals surface area contributed by atoms with E-state index in [0.717, 1.165) is 110 Å². The van der Waals surface area contributed by atoms with Crippen LogP contribution in [0.1, 0.15) is 62.4 Å². The molecule has 20 heteroatoms. The summed E-state index contributed by atoms with van der Waals surface area (Å²) in [6.07, 6.45) is 0. The van der Waals surface area contributed by atoms with Crippen LogP contribution < -0.4 is 47.4 Å². The number of hydrogen-bond donors (Lipinski definition) is 5. The Kier molecular flexibility index (Phi) is 43.8. The fourth-order valence-corrected chi connectivity index (χ4v) is 8.53. The average Bonchev–Trinajstić information content (AvgIpc) is 3.77. The van der Waals surface area contributed by atoms with Gasteiger partial charge in [0.25, 0.3) is 0 Å². The zero-order valence-electron chi connectivity index (χ0n) is 53.5. The highest BCUT2D eigenvalue weighted by Crippen LogP contribution is 2.23. The molecule has 95 heavy (non-hydrogen) atoms. The van der Waals surface area contributed by atoms with Gasteiger partial charge in [-0.2, -0.15) is 0 Å². The number of benzene rings is 10. The van der Waals surface area contributed by atoms with Gasteiger partial charge in [0.15, 0.2) is 0 Å². The topological polar surface area (TPSA) is 92.3 Å². The highest BCUT2D eigenvalue weighted by Gasteiger charge is 2.03. The van der Waals surface area contributed by atoms with Crippen molar-refractivity contribution in [2.24, 2.45) is 0 Å². The predicted molar refractivity (Wildman–Crippen MR) is 391 cm³/mol. The van der Waals surface area contributed by atoms with Gasteiger partial charge >= 0.3 is 0 Å². The third kappa shape index (κ3) is 34.5. The molecular formula is C75H85F5O10S5. The van der Waals surface area contributed by atoms with Crippen molar-refractivity contribution in [3.8, 4) is 57.5 Å². The molecule has 10 aromatic rings. The molecule has 0 bridgehead atoms. The molecule has 0 amide bonds. The Hall–Kier alpha value is -8.40. The summed E-state index contributed by atoms with van der Waals surface area (Å²) in [4.78, 5) is 4.67. The zero-order valence-corrected chi connectivity index (χ0v) is 58.0. The number of ether oxygens (including phenoxy) is 10. The molecule has 0 aliphatic carbocycles. The number of rotatable bonds is 25. The van der Waals surface area contributed by atoms with Crippen LogP contribution in [0.3, 0.4) is 0 Å². The van der Waals surface area contributed by atoms with E-state index in [1.807, 2.05) is 277 Å². The molecule has 0 spiro atoms. The van der Waals surface area contributed by atoms with Crippen molar-refractivity contribution in [3.63, 3.8) is 0 Å². The number of hydrogen-bond acceptors (Lipinski definition) is 15. The molecule has 0 fully saturated rings. The van der Waals surface area contributed by atoms with Crippen LogP contribution in [0.2, 0.25) is 0 Å². The molecule has 0 aliphatic rings. The van der Waals surface area contributed by atoms with Gasteiger partial charge in [-0.3, -0.25) is 23.5 Å². The Morgan fingerprint density at radius 3 is 0.389 bits per heavy atom. The molecule has 10 aromatic carbocycles. The van der Waals surface area contributed by atoms with Crippen LogP contribution in [-0.2, 0) is 33.0 Å². The Morgan fingerprint density at radius 1 is 0.168 bits per heavy atom. The highest BCUT2D eigenvalue weighted by molar-refractivity contribution is 7.81. The van der Waals surface area contributed by atoms with Crippen molar-refractivity contribution >= 4 is 63.1 Å². The SMILES string of the molecule is CCOc1ccc(COc2ccc(S)cc2)cc1.CCOc1ccc(COc2ccc(S)cc2)cc1.CCOc1ccc(COc2ccc(S)cc2)cc1.CCOc1ccc(COc2ccc(S)cc2)cc1.CCOc1ccc(COc2ccc(S)cc2)cc1.F.F.F.F.F. The lowest BCUT2D eigenvalue weighted by molar-refractivity contribution is 0.305. The van der Waals surface area contributed by atoms with Gasteiger partial charge in [0.05, 0.1) is 33.0 Å². The van der Waals surface area contributed by atoms with E-state index in [1.165, 1.54) is 0 Å². The van der Waals surface area contributed by atoms with Crippen LogP contribution in [0.25, 0.3) is 0 Å². The molecular weight excluding hydrogens is 1320 g/mol. The number of thiol groups is 5. The van der Waals surface area contributed by atoms with Crippen LogP contribution >= 0.6 is 63.1 Å². The Labute approximate surface area is 583 Å². The summed E-state index contributed by atoms with van der Waals surface area (Å²) in [6.45, 7) is 16.1. The molecule has 0 aliphatic heterocycles. The van der Waals surface area contributed by atoms with Crippen LogP contribution in [0, 0.1) is 0 Å². The summed E-state index contributed by atoms with van der Waals surface area (Å²) in [7, 11) is 0. The Bertz CT molecular complexity index is 2960.